The van der Waals surface area contributed by atoms with Crippen molar-refractivity contribution in [3.63, 3.8) is 0 Å². The Kier molecular flexibility index (Phi) is 4.65. The zero-order valence-corrected chi connectivity index (χ0v) is 16.6. The first-order chi connectivity index (χ1) is 12.3. The van der Waals surface area contributed by atoms with E-state index >= 15 is 0 Å². The van der Waals surface area contributed by atoms with E-state index in [9.17, 15) is 8.42 Å². The molecule has 0 amide bonds. The molecule has 4 rings (SSSR count). The Morgan fingerprint density at radius 3 is 2.54 bits per heavy atom. The van der Waals surface area contributed by atoms with E-state index in [-0.39, 0.29) is 5.92 Å². The molecule has 2 aliphatic heterocycles. The minimum absolute atomic E-state index is 0.141. The SMILES string of the molecule is CN1Cc2c(Cl)cc(Cl)cc2C(c2ccc(N3CCNS3(=O)=O)cc2)C1. The van der Waals surface area contributed by atoms with Crippen LogP contribution in [-0.2, 0) is 16.8 Å². The van der Waals surface area contributed by atoms with Crippen LogP contribution in [0.2, 0.25) is 10.0 Å². The predicted molar refractivity (Wildman–Crippen MR) is 105 cm³/mol. The fraction of sp³-hybridized carbons (Fsp3) is 0.333. The Balaban J connectivity index is 1.71. The van der Waals surface area contributed by atoms with Gasteiger partial charge in [-0.2, -0.15) is 13.1 Å². The van der Waals surface area contributed by atoms with Gasteiger partial charge < -0.3 is 4.90 Å². The van der Waals surface area contributed by atoms with Crippen molar-refractivity contribution >= 4 is 39.1 Å². The lowest BCUT2D eigenvalue weighted by atomic mass is 9.84. The van der Waals surface area contributed by atoms with Crippen molar-refractivity contribution in [2.24, 2.45) is 0 Å². The molecule has 2 aliphatic rings. The second-order valence-corrected chi connectivity index (χ2v) is 9.29. The molecular weight excluding hydrogens is 393 g/mol. The summed E-state index contributed by atoms with van der Waals surface area (Å²) in [5, 5.41) is 1.32. The molecule has 0 saturated carbocycles. The zero-order chi connectivity index (χ0) is 18.5. The summed E-state index contributed by atoms with van der Waals surface area (Å²) in [6.45, 7) is 2.52. The Bertz CT molecular complexity index is 948. The van der Waals surface area contributed by atoms with Crippen LogP contribution in [0.25, 0.3) is 0 Å². The van der Waals surface area contributed by atoms with Crippen molar-refractivity contribution in [3.8, 4) is 0 Å². The lowest BCUT2D eigenvalue weighted by Crippen LogP contribution is -2.31. The van der Waals surface area contributed by atoms with Gasteiger partial charge in [-0.15, -0.1) is 0 Å². The summed E-state index contributed by atoms with van der Waals surface area (Å²) in [5.74, 6) is 0.141. The van der Waals surface area contributed by atoms with E-state index in [2.05, 4.69) is 16.7 Å². The molecule has 2 heterocycles. The van der Waals surface area contributed by atoms with Crippen molar-refractivity contribution < 1.29 is 8.42 Å². The third-order valence-corrected chi connectivity index (χ3v) is 7.06. The number of rotatable bonds is 2. The lowest BCUT2D eigenvalue weighted by Gasteiger charge is -2.33. The van der Waals surface area contributed by atoms with Crippen LogP contribution in [0.3, 0.4) is 0 Å². The van der Waals surface area contributed by atoms with Crippen LogP contribution in [0.15, 0.2) is 36.4 Å². The number of likely N-dealkylation sites (N-methyl/N-ethyl adjacent to an activating group) is 1. The van der Waals surface area contributed by atoms with Crippen molar-refractivity contribution in [1.29, 1.82) is 0 Å². The molecule has 26 heavy (non-hydrogen) atoms. The molecule has 1 unspecified atom stereocenters. The number of fused-ring (bicyclic) bond motifs is 1. The summed E-state index contributed by atoms with van der Waals surface area (Å²) in [6, 6.07) is 11.5. The molecule has 0 spiro atoms. The summed E-state index contributed by atoms with van der Waals surface area (Å²) in [5.41, 5.74) is 4.03. The smallest absolute Gasteiger partial charge is 0.301 e. The number of anilines is 1. The molecule has 0 aliphatic carbocycles. The monoisotopic (exact) mass is 411 g/mol. The van der Waals surface area contributed by atoms with E-state index in [1.165, 1.54) is 4.31 Å². The van der Waals surface area contributed by atoms with Crippen LogP contribution in [0.4, 0.5) is 5.69 Å². The molecule has 1 fully saturated rings. The number of benzene rings is 2. The van der Waals surface area contributed by atoms with E-state index < -0.39 is 10.2 Å². The first-order valence-electron chi connectivity index (χ1n) is 8.39. The number of nitrogens with one attached hydrogen (secondary N) is 1. The predicted octanol–water partition coefficient (Wildman–Crippen LogP) is 3.23. The summed E-state index contributed by atoms with van der Waals surface area (Å²) < 4.78 is 27.9. The average molecular weight is 412 g/mol. The van der Waals surface area contributed by atoms with Gasteiger partial charge in [0.1, 0.15) is 0 Å². The minimum Gasteiger partial charge on any atom is -0.301 e. The van der Waals surface area contributed by atoms with Crippen LogP contribution in [-0.4, -0.2) is 40.0 Å². The second-order valence-electron chi connectivity index (χ2n) is 6.77. The Morgan fingerprint density at radius 1 is 1.15 bits per heavy atom. The van der Waals surface area contributed by atoms with E-state index in [0.717, 1.165) is 29.8 Å². The van der Waals surface area contributed by atoms with Crippen molar-refractivity contribution in [1.82, 2.24) is 9.62 Å². The first-order valence-corrected chi connectivity index (χ1v) is 10.6. The third-order valence-electron chi connectivity index (χ3n) is 4.97. The molecule has 1 atom stereocenters. The number of hydrogen-bond donors (Lipinski definition) is 1. The Morgan fingerprint density at radius 2 is 1.88 bits per heavy atom. The van der Waals surface area contributed by atoms with E-state index in [4.69, 9.17) is 23.2 Å². The fourth-order valence-electron chi connectivity index (χ4n) is 3.75. The first kappa shape index (κ1) is 18.1. The summed E-state index contributed by atoms with van der Waals surface area (Å²) in [4.78, 5) is 2.23. The van der Waals surface area contributed by atoms with Crippen molar-refractivity contribution in [2.75, 3.05) is 31.0 Å². The summed E-state index contributed by atoms with van der Waals surface area (Å²) in [7, 11) is -1.34. The summed E-state index contributed by atoms with van der Waals surface area (Å²) in [6.07, 6.45) is 0. The number of nitrogens with zero attached hydrogens (tertiary/aromatic N) is 2. The molecule has 138 valence electrons. The molecule has 5 nitrogen and oxygen atoms in total. The second kappa shape index (κ2) is 6.69. The highest BCUT2D eigenvalue weighted by Gasteiger charge is 2.29. The van der Waals surface area contributed by atoms with Gasteiger partial charge >= 0.3 is 10.2 Å². The molecule has 2 aromatic rings. The van der Waals surface area contributed by atoms with Crippen molar-refractivity contribution in [3.05, 3.63) is 63.1 Å². The van der Waals surface area contributed by atoms with Gasteiger partial charge in [0.05, 0.1) is 5.69 Å². The van der Waals surface area contributed by atoms with Gasteiger partial charge in [0.15, 0.2) is 0 Å². The van der Waals surface area contributed by atoms with Gasteiger partial charge in [0.25, 0.3) is 0 Å². The maximum absolute atomic E-state index is 12.0. The molecule has 8 heteroatoms. The third kappa shape index (κ3) is 3.21. The highest BCUT2D eigenvalue weighted by molar-refractivity contribution is 7.91. The fourth-order valence-corrected chi connectivity index (χ4v) is 5.55. The normalized spacial score (nSPS) is 22.4. The average Bonchev–Trinajstić information content (AvgIpc) is 2.94. The molecule has 1 saturated heterocycles. The molecule has 0 radical (unpaired) electrons. The largest absolute Gasteiger partial charge is 0.301 e. The van der Waals surface area contributed by atoms with Gasteiger partial charge in [-0.25, -0.2) is 0 Å². The topological polar surface area (TPSA) is 52.6 Å². The van der Waals surface area contributed by atoms with Crippen molar-refractivity contribution in [2.45, 2.75) is 12.5 Å². The van der Waals surface area contributed by atoms with E-state index in [1.807, 2.05) is 30.3 Å². The standard InChI is InChI=1S/C18H19Cl2N3O2S/c1-22-10-16(15-8-13(19)9-18(20)17(15)11-22)12-2-4-14(5-3-12)23-7-6-21-26(23,24)25/h2-5,8-9,16,21H,6-7,10-11H2,1H3. The van der Waals surface area contributed by atoms with Crippen LogP contribution >= 0.6 is 23.2 Å². The highest BCUT2D eigenvalue weighted by Crippen LogP contribution is 2.38. The van der Waals surface area contributed by atoms with Crippen LogP contribution in [0, 0.1) is 0 Å². The van der Waals surface area contributed by atoms with Gasteiger partial charge in [-0.1, -0.05) is 35.3 Å². The lowest BCUT2D eigenvalue weighted by molar-refractivity contribution is 0.295. The van der Waals surface area contributed by atoms with Crippen LogP contribution in [0.1, 0.15) is 22.6 Å². The van der Waals surface area contributed by atoms with Gasteiger partial charge in [-0.05, 0) is 48.0 Å². The summed E-state index contributed by atoms with van der Waals surface area (Å²) >= 11 is 12.7. The van der Waals surface area contributed by atoms with Gasteiger partial charge in [0.2, 0.25) is 0 Å². The van der Waals surface area contributed by atoms with Gasteiger partial charge in [0, 0.05) is 42.1 Å². The molecule has 2 aromatic carbocycles. The number of hydrogen-bond acceptors (Lipinski definition) is 3. The zero-order valence-electron chi connectivity index (χ0n) is 14.2. The van der Waals surface area contributed by atoms with E-state index in [0.29, 0.717) is 28.8 Å². The minimum atomic E-state index is -3.41. The van der Waals surface area contributed by atoms with E-state index in [1.54, 1.807) is 6.07 Å². The molecule has 0 aromatic heterocycles. The molecular formula is C18H19Cl2N3O2S. The van der Waals surface area contributed by atoms with Crippen LogP contribution < -0.4 is 9.03 Å². The Hall–Kier alpha value is -1.31. The quantitative estimate of drug-likeness (QED) is 0.824. The maximum atomic E-state index is 12.0. The Labute approximate surface area is 163 Å². The molecule has 0 bridgehead atoms. The van der Waals surface area contributed by atoms with Gasteiger partial charge in [-0.3, -0.25) is 4.31 Å². The maximum Gasteiger partial charge on any atom is 0.301 e. The molecule has 1 N–H and O–H groups in total. The number of halogens is 2. The highest BCUT2D eigenvalue weighted by atomic mass is 35.5. The van der Waals surface area contributed by atoms with Crippen LogP contribution in [0.5, 0.6) is 0 Å².